The second-order valence-corrected chi connectivity index (χ2v) is 7.31. The molecule has 0 saturated carbocycles. The molecule has 0 aliphatic heterocycles. The third-order valence-electron chi connectivity index (χ3n) is 4.13. The van der Waals surface area contributed by atoms with Gasteiger partial charge in [-0.3, -0.25) is 9.59 Å². The topological polar surface area (TPSA) is 72.5 Å². The number of ether oxygens (including phenoxy) is 1. The zero-order chi connectivity index (χ0) is 20.0. The van der Waals surface area contributed by atoms with Gasteiger partial charge in [0.25, 0.3) is 0 Å². The number of rotatable bonds is 6. The standard InChI is InChI=1S/C22H25NO4/c1-5-20(25)23-18-12-8-15(9-13-18)19(24)14-27-21(26)16-6-10-17(11-7-16)22(2,3)4/h6-13H,5,14H2,1-4H3,(H,23,25). The molecular weight excluding hydrogens is 342 g/mol. The van der Waals surface area contributed by atoms with Gasteiger partial charge < -0.3 is 10.1 Å². The number of benzene rings is 2. The van der Waals surface area contributed by atoms with Crippen LogP contribution >= 0.6 is 0 Å². The highest BCUT2D eigenvalue weighted by molar-refractivity contribution is 6.00. The highest BCUT2D eigenvalue weighted by atomic mass is 16.5. The summed E-state index contributed by atoms with van der Waals surface area (Å²) in [5.74, 6) is -0.931. The summed E-state index contributed by atoms with van der Waals surface area (Å²) >= 11 is 0. The van der Waals surface area contributed by atoms with Crippen molar-refractivity contribution in [3.63, 3.8) is 0 Å². The zero-order valence-electron chi connectivity index (χ0n) is 16.2. The van der Waals surface area contributed by atoms with Crippen LogP contribution in [0.4, 0.5) is 5.69 Å². The van der Waals surface area contributed by atoms with Crippen molar-refractivity contribution in [1.82, 2.24) is 0 Å². The van der Waals surface area contributed by atoms with Crippen LogP contribution < -0.4 is 5.32 Å². The summed E-state index contributed by atoms with van der Waals surface area (Å²) < 4.78 is 5.12. The Morgan fingerprint density at radius 1 is 0.889 bits per heavy atom. The normalized spacial score (nSPS) is 11.0. The number of nitrogens with one attached hydrogen (secondary N) is 1. The first-order valence-electron chi connectivity index (χ1n) is 8.91. The monoisotopic (exact) mass is 367 g/mol. The van der Waals surface area contributed by atoms with Gasteiger partial charge in [-0.1, -0.05) is 39.8 Å². The van der Waals surface area contributed by atoms with Crippen LogP contribution in [0.1, 0.15) is 60.4 Å². The summed E-state index contributed by atoms with van der Waals surface area (Å²) in [4.78, 5) is 35.7. The molecule has 27 heavy (non-hydrogen) atoms. The van der Waals surface area contributed by atoms with Crippen LogP contribution in [0, 0.1) is 0 Å². The predicted octanol–water partition coefficient (Wildman–Crippen LogP) is 4.37. The van der Waals surface area contributed by atoms with E-state index >= 15 is 0 Å². The number of hydrogen-bond donors (Lipinski definition) is 1. The van der Waals surface area contributed by atoms with Gasteiger partial charge in [0, 0.05) is 17.7 Å². The molecule has 1 N–H and O–H groups in total. The maximum atomic E-state index is 12.2. The average molecular weight is 367 g/mol. The van der Waals surface area contributed by atoms with Gasteiger partial charge in [-0.15, -0.1) is 0 Å². The largest absolute Gasteiger partial charge is 0.454 e. The molecule has 0 fully saturated rings. The molecule has 5 heteroatoms. The fraction of sp³-hybridized carbons (Fsp3) is 0.318. The maximum Gasteiger partial charge on any atom is 0.338 e. The van der Waals surface area contributed by atoms with E-state index in [1.807, 2.05) is 12.1 Å². The van der Waals surface area contributed by atoms with Gasteiger partial charge >= 0.3 is 5.97 Å². The molecule has 142 valence electrons. The minimum absolute atomic E-state index is 0.00115. The molecule has 0 heterocycles. The lowest BCUT2D eigenvalue weighted by molar-refractivity contribution is -0.115. The van der Waals surface area contributed by atoms with Crippen LogP contribution in [-0.4, -0.2) is 24.3 Å². The van der Waals surface area contributed by atoms with Crippen LogP contribution in [0.5, 0.6) is 0 Å². The number of amides is 1. The Morgan fingerprint density at radius 2 is 1.44 bits per heavy atom. The lowest BCUT2D eigenvalue weighted by Gasteiger charge is -2.18. The van der Waals surface area contributed by atoms with Crippen molar-refractivity contribution < 1.29 is 19.1 Å². The van der Waals surface area contributed by atoms with E-state index in [2.05, 4.69) is 26.1 Å². The van der Waals surface area contributed by atoms with E-state index in [4.69, 9.17) is 4.74 Å². The van der Waals surface area contributed by atoms with Gasteiger partial charge in [-0.25, -0.2) is 4.79 Å². The van der Waals surface area contributed by atoms with Crippen LogP contribution in [0.2, 0.25) is 0 Å². The minimum Gasteiger partial charge on any atom is -0.454 e. The number of hydrogen-bond acceptors (Lipinski definition) is 4. The summed E-state index contributed by atoms with van der Waals surface area (Å²) in [5.41, 5.74) is 2.56. The Labute approximate surface area is 159 Å². The zero-order valence-corrected chi connectivity index (χ0v) is 16.2. The molecule has 0 bridgehead atoms. The number of carbonyl (C=O) groups is 3. The van der Waals surface area contributed by atoms with Gasteiger partial charge in [-0.05, 0) is 47.4 Å². The molecule has 0 aliphatic rings. The number of ketones is 1. The van der Waals surface area contributed by atoms with Gasteiger partial charge in [-0.2, -0.15) is 0 Å². The van der Waals surface area contributed by atoms with E-state index in [9.17, 15) is 14.4 Å². The second kappa shape index (κ2) is 8.62. The van der Waals surface area contributed by atoms with E-state index in [0.29, 0.717) is 23.2 Å². The second-order valence-electron chi connectivity index (χ2n) is 7.31. The Hall–Kier alpha value is -2.95. The van der Waals surface area contributed by atoms with Gasteiger partial charge in [0.05, 0.1) is 5.56 Å². The van der Waals surface area contributed by atoms with Gasteiger partial charge in [0.15, 0.2) is 12.4 Å². The number of anilines is 1. The number of carbonyl (C=O) groups excluding carboxylic acids is 3. The summed E-state index contributed by atoms with van der Waals surface area (Å²) in [6.45, 7) is 7.71. The molecule has 5 nitrogen and oxygen atoms in total. The van der Waals surface area contributed by atoms with Crippen molar-refractivity contribution in [1.29, 1.82) is 0 Å². The molecule has 0 unspecified atom stereocenters. The van der Waals surface area contributed by atoms with E-state index in [-0.39, 0.29) is 23.7 Å². The van der Waals surface area contributed by atoms with Crippen LogP contribution in [0.3, 0.4) is 0 Å². The molecule has 2 rings (SSSR count). The summed E-state index contributed by atoms with van der Waals surface area (Å²) in [6, 6.07) is 13.7. The summed E-state index contributed by atoms with van der Waals surface area (Å²) in [5, 5.41) is 2.71. The van der Waals surface area contributed by atoms with Crippen LogP contribution in [0.15, 0.2) is 48.5 Å². The van der Waals surface area contributed by atoms with E-state index in [1.165, 1.54) is 0 Å². The Bertz CT molecular complexity index is 815. The van der Waals surface area contributed by atoms with Crippen molar-refractivity contribution in [2.75, 3.05) is 11.9 Å². The summed E-state index contributed by atoms with van der Waals surface area (Å²) in [7, 11) is 0. The Morgan fingerprint density at radius 3 is 1.96 bits per heavy atom. The summed E-state index contributed by atoms with van der Waals surface area (Å²) in [6.07, 6.45) is 0.382. The fourth-order valence-corrected chi connectivity index (χ4v) is 2.39. The number of esters is 1. The molecular formula is C22H25NO4. The average Bonchev–Trinajstić information content (AvgIpc) is 2.65. The van der Waals surface area contributed by atoms with E-state index in [1.54, 1.807) is 43.3 Å². The molecule has 0 saturated heterocycles. The first-order chi connectivity index (χ1) is 12.7. The molecule has 1 amide bonds. The first-order valence-corrected chi connectivity index (χ1v) is 8.91. The van der Waals surface area contributed by atoms with Crippen molar-refractivity contribution in [3.05, 3.63) is 65.2 Å². The van der Waals surface area contributed by atoms with Gasteiger partial charge in [0.1, 0.15) is 0 Å². The number of Topliss-reactive ketones (excluding diaryl/α,β-unsaturated/α-hetero) is 1. The van der Waals surface area contributed by atoms with Gasteiger partial charge in [0.2, 0.25) is 5.91 Å². The molecule has 0 aliphatic carbocycles. The molecule has 0 aromatic heterocycles. The quantitative estimate of drug-likeness (QED) is 0.608. The lowest BCUT2D eigenvalue weighted by Crippen LogP contribution is -2.15. The lowest BCUT2D eigenvalue weighted by atomic mass is 9.87. The van der Waals surface area contributed by atoms with E-state index < -0.39 is 5.97 Å². The Kier molecular flexibility index (Phi) is 6.50. The van der Waals surface area contributed by atoms with Crippen LogP contribution in [0.25, 0.3) is 0 Å². The molecule has 0 spiro atoms. The highest BCUT2D eigenvalue weighted by Crippen LogP contribution is 2.22. The highest BCUT2D eigenvalue weighted by Gasteiger charge is 2.16. The van der Waals surface area contributed by atoms with Crippen molar-refractivity contribution in [2.45, 2.75) is 39.5 Å². The molecule has 0 atom stereocenters. The molecule has 2 aromatic carbocycles. The third-order valence-corrected chi connectivity index (χ3v) is 4.13. The predicted molar refractivity (Wildman–Crippen MR) is 105 cm³/mol. The van der Waals surface area contributed by atoms with Crippen molar-refractivity contribution in [3.8, 4) is 0 Å². The van der Waals surface area contributed by atoms with Crippen molar-refractivity contribution >= 4 is 23.3 Å². The van der Waals surface area contributed by atoms with Crippen molar-refractivity contribution in [2.24, 2.45) is 0 Å². The van der Waals surface area contributed by atoms with Crippen LogP contribution in [-0.2, 0) is 14.9 Å². The fourth-order valence-electron chi connectivity index (χ4n) is 2.39. The maximum absolute atomic E-state index is 12.2. The Balaban J connectivity index is 1.92. The molecule has 2 aromatic rings. The third kappa shape index (κ3) is 5.78. The smallest absolute Gasteiger partial charge is 0.338 e. The minimum atomic E-state index is -0.532. The SMILES string of the molecule is CCC(=O)Nc1ccc(C(=O)COC(=O)c2ccc(C(C)(C)C)cc2)cc1. The first kappa shape index (κ1) is 20.4. The van der Waals surface area contributed by atoms with E-state index in [0.717, 1.165) is 5.56 Å². The molecule has 0 radical (unpaired) electrons.